The van der Waals surface area contributed by atoms with Gasteiger partial charge in [0.25, 0.3) is 5.91 Å². The Bertz CT molecular complexity index is 1550. The van der Waals surface area contributed by atoms with Crippen LogP contribution in [0.25, 0.3) is 5.69 Å². The van der Waals surface area contributed by atoms with Crippen molar-refractivity contribution < 1.29 is 18.7 Å². The number of hydrogen-bond donors (Lipinski definition) is 1. The first-order valence-electron chi connectivity index (χ1n) is 13.6. The second kappa shape index (κ2) is 12.1. The van der Waals surface area contributed by atoms with E-state index in [4.69, 9.17) is 14.5 Å². The number of ether oxygens (including phenoxy) is 2. The molecule has 41 heavy (non-hydrogen) atoms. The molecule has 0 unspecified atom stereocenters. The van der Waals surface area contributed by atoms with E-state index in [0.29, 0.717) is 35.2 Å². The highest BCUT2D eigenvalue weighted by Crippen LogP contribution is 2.26. The number of nitrogens with zero attached hydrogens (tertiary/aromatic N) is 7. The van der Waals surface area contributed by atoms with Crippen LogP contribution < -0.4 is 10.1 Å². The number of hydrogen-bond acceptors (Lipinski definition) is 8. The van der Waals surface area contributed by atoms with Crippen molar-refractivity contribution in [2.75, 3.05) is 20.8 Å². The maximum absolute atomic E-state index is 15.3. The Labute approximate surface area is 238 Å². The van der Waals surface area contributed by atoms with E-state index in [0.717, 1.165) is 30.8 Å². The summed E-state index contributed by atoms with van der Waals surface area (Å²) in [6, 6.07) is 5.86. The van der Waals surface area contributed by atoms with Crippen LogP contribution in [0.3, 0.4) is 0 Å². The second-order valence-corrected chi connectivity index (χ2v) is 10.5. The SMILES string of the molecule is COCc1nn(Cc2cnc3c(c2)CCN(C(C)C)C3)cc1C(=O)NCc1c(-n2cc(C)nn2)ccc(OC)c1F. The monoisotopic (exact) mass is 562 g/mol. The van der Waals surface area contributed by atoms with Gasteiger partial charge in [-0.05, 0) is 50.5 Å². The molecule has 216 valence electrons. The van der Waals surface area contributed by atoms with Gasteiger partial charge in [0.1, 0.15) is 5.69 Å². The van der Waals surface area contributed by atoms with Gasteiger partial charge in [-0.25, -0.2) is 9.07 Å². The first-order chi connectivity index (χ1) is 19.8. The van der Waals surface area contributed by atoms with E-state index in [9.17, 15) is 4.79 Å². The molecule has 5 rings (SSSR count). The lowest BCUT2D eigenvalue weighted by Crippen LogP contribution is -2.36. The molecule has 0 bridgehead atoms. The first-order valence-corrected chi connectivity index (χ1v) is 13.6. The summed E-state index contributed by atoms with van der Waals surface area (Å²) in [5, 5.41) is 15.5. The highest BCUT2D eigenvalue weighted by Gasteiger charge is 2.22. The zero-order valence-electron chi connectivity index (χ0n) is 24.0. The quantitative estimate of drug-likeness (QED) is 0.314. The van der Waals surface area contributed by atoms with Crippen LogP contribution in [-0.2, 0) is 37.4 Å². The third-order valence-corrected chi connectivity index (χ3v) is 7.26. The number of carbonyl (C=O) groups is 1. The lowest BCUT2D eigenvalue weighted by molar-refractivity contribution is 0.0945. The Morgan fingerprint density at radius 3 is 2.76 bits per heavy atom. The number of fused-ring (bicyclic) bond motifs is 1. The Balaban J connectivity index is 1.35. The van der Waals surface area contributed by atoms with Crippen molar-refractivity contribution in [2.45, 2.75) is 59.5 Å². The molecule has 3 aromatic heterocycles. The van der Waals surface area contributed by atoms with E-state index in [1.165, 1.54) is 23.4 Å². The highest BCUT2D eigenvalue weighted by atomic mass is 19.1. The molecule has 1 aliphatic heterocycles. The van der Waals surface area contributed by atoms with Gasteiger partial charge in [-0.2, -0.15) is 5.10 Å². The van der Waals surface area contributed by atoms with Crippen LogP contribution in [0.2, 0.25) is 0 Å². The van der Waals surface area contributed by atoms with Crippen molar-refractivity contribution in [3.05, 3.63) is 81.9 Å². The average molecular weight is 563 g/mol. The largest absolute Gasteiger partial charge is 0.494 e. The average Bonchev–Trinajstić information content (AvgIpc) is 3.57. The molecular formula is C29H35FN8O3. The van der Waals surface area contributed by atoms with E-state index in [-0.39, 0.29) is 24.5 Å². The summed E-state index contributed by atoms with van der Waals surface area (Å²) in [7, 11) is 2.94. The molecule has 4 heterocycles. The summed E-state index contributed by atoms with van der Waals surface area (Å²) < 4.78 is 29.0. The van der Waals surface area contributed by atoms with Crippen LogP contribution >= 0.6 is 0 Å². The number of pyridine rings is 1. The maximum Gasteiger partial charge on any atom is 0.255 e. The molecule has 1 aliphatic rings. The van der Waals surface area contributed by atoms with Crippen molar-refractivity contribution in [1.29, 1.82) is 0 Å². The molecule has 0 spiro atoms. The number of nitrogens with one attached hydrogen (secondary N) is 1. The summed E-state index contributed by atoms with van der Waals surface area (Å²) >= 11 is 0. The summed E-state index contributed by atoms with van der Waals surface area (Å²) in [4.78, 5) is 20.5. The van der Waals surface area contributed by atoms with Gasteiger partial charge in [-0.3, -0.25) is 19.4 Å². The number of methoxy groups -OCH3 is 2. The fourth-order valence-corrected chi connectivity index (χ4v) is 5.03. The maximum atomic E-state index is 15.3. The van der Waals surface area contributed by atoms with Gasteiger partial charge in [0, 0.05) is 50.7 Å². The second-order valence-electron chi connectivity index (χ2n) is 10.5. The number of carbonyl (C=O) groups excluding carboxylic acids is 1. The van der Waals surface area contributed by atoms with Crippen LogP contribution in [0.15, 0.2) is 36.8 Å². The molecule has 1 N–H and O–H groups in total. The Morgan fingerprint density at radius 1 is 1.22 bits per heavy atom. The van der Waals surface area contributed by atoms with E-state index in [1.807, 2.05) is 6.20 Å². The molecular weight excluding hydrogens is 527 g/mol. The lowest BCUT2D eigenvalue weighted by atomic mass is 10.0. The summed E-state index contributed by atoms with van der Waals surface area (Å²) in [5.74, 6) is -0.912. The lowest BCUT2D eigenvalue weighted by Gasteiger charge is -2.31. The molecule has 1 amide bonds. The molecule has 1 aromatic carbocycles. The van der Waals surface area contributed by atoms with Crippen molar-refractivity contribution in [1.82, 2.24) is 40.0 Å². The molecule has 0 radical (unpaired) electrons. The Kier molecular flexibility index (Phi) is 8.41. The van der Waals surface area contributed by atoms with Gasteiger partial charge in [0.05, 0.1) is 49.1 Å². The molecule has 0 atom stereocenters. The van der Waals surface area contributed by atoms with Gasteiger partial charge in [-0.1, -0.05) is 11.3 Å². The minimum Gasteiger partial charge on any atom is -0.494 e. The fraction of sp³-hybridized carbons (Fsp3) is 0.414. The smallest absolute Gasteiger partial charge is 0.255 e. The third kappa shape index (κ3) is 6.13. The number of aryl methyl sites for hydroxylation is 1. The zero-order chi connectivity index (χ0) is 29.1. The predicted octanol–water partition coefficient (Wildman–Crippen LogP) is 3.21. The van der Waals surface area contributed by atoms with Crippen LogP contribution in [-0.4, -0.2) is 67.4 Å². The van der Waals surface area contributed by atoms with E-state index >= 15 is 4.39 Å². The number of benzene rings is 1. The minimum absolute atomic E-state index is 0.0679. The molecule has 0 aliphatic carbocycles. The summed E-state index contributed by atoms with van der Waals surface area (Å²) in [6.07, 6.45) is 6.20. The van der Waals surface area contributed by atoms with Gasteiger partial charge in [-0.15, -0.1) is 5.10 Å². The van der Waals surface area contributed by atoms with Crippen molar-refractivity contribution in [2.24, 2.45) is 0 Å². The van der Waals surface area contributed by atoms with Gasteiger partial charge in [0.15, 0.2) is 11.6 Å². The number of aromatic nitrogens is 6. The topological polar surface area (TPSA) is 112 Å². The van der Waals surface area contributed by atoms with Crippen molar-refractivity contribution >= 4 is 5.91 Å². The predicted molar refractivity (Wildman–Crippen MR) is 149 cm³/mol. The van der Waals surface area contributed by atoms with Crippen molar-refractivity contribution in [3.63, 3.8) is 0 Å². The molecule has 4 aromatic rings. The molecule has 12 heteroatoms. The molecule has 0 fully saturated rings. The third-order valence-electron chi connectivity index (χ3n) is 7.26. The molecule has 11 nitrogen and oxygen atoms in total. The number of rotatable bonds is 10. The summed E-state index contributed by atoms with van der Waals surface area (Å²) in [6.45, 7) is 8.56. The van der Waals surface area contributed by atoms with Gasteiger partial charge >= 0.3 is 0 Å². The van der Waals surface area contributed by atoms with Crippen LogP contribution in [0.1, 0.15) is 58.0 Å². The number of amides is 1. The molecule has 0 saturated heterocycles. The van der Waals surface area contributed by atoms with Crippen molar-refractivity contribution in [3.8, 4) is 11.4 Å². The minimum atomic E-state index is -0.581. The van der Waals surface area contributed by atoms with Crippen LogP contribution in [0, 0.1) is 12.7 Å². The van der Waals surface area contributed by atoms with Gasteiger partial charge in [0.2, 0.25) is 0 Å². The van der Waals surface area contributed by atoms with E-state index in [2.05, 4.69) is 45.5 Å². The van der Waals surface area contributed by atoms with E-state index < -0.39 is 11.7 Å². The number of halogens is 1. The summed E-state index contributed by atoms with van der Waals surface area (Å²) in [5.41, 5.74) is 5.56. The van der Waals surface area contributed by atoms with E-state index in [1.54, 1.807) is 37.2 Å². The Morgan fingerprint density at radius 2 is 2.05 bits per heavy atom. The fourth-order valence-electron chi connectivity index (χ4n) is 5.03. The standard InChI is InChI=1S/C29H35FN8O3/c1-18(2)36-9-8-21-10-20(11-31-24(21)16-36)14-37-15-23(25(34-37)17-40-4)29(39)32-12-22-26(38-13-19(3)33-35-38)6-7-27(41-5)28(22)30/h6-7,10-11,13,15,18H,8-9,12,14,16-17H2,1-5H3,(H,32,39). The molecule has 0 saturated carbocycles. The highest BCUT2D eigenvalue weighted by molar-refractivity contribution is 5.95. The normalized spacial score (nSPS) is 13.4. The zero-order valence-corrected chi connectivity index (χ0v) is 24.0. The first kappa shape index (κ1) is 28.4. The van der Waals surface area contributed by atoms with Crippen LogP contribution in [0.5, 0.6) is 5.75 Å². The van der Waals surface area contributed by atoms with Crippen LogP contribution in [0.4, 0.5) is 4.39 Å². The van der Waals surface area contributed by atoms with Gasteiger partial charge < -0.3 is 14.8 Å². The Hall–Kier alpha value is -4.16.